The first-order valence-electron chi connectivity index (χ1n) is 6.88. The Kier molecular flexibility index (Phi) is 7.60. The van der Waals surface area contributed by atoms with Crippen LogP contribution in [0.25, 0.3) is 0 Å². The van der Waals surface area contributed by atoms with E-state index in [9.17, 15) is 9.59 Å². The van der Waals surface area contributed by atoms with Crippen LogP contribution in [0.4, 0.5) is 5.69 Å². The number of nitrogens with one attached hydrogen (secondary N) is 3. The number of benzene rings is 1. The van der Waals surface area contributed by atoms with Crippen LogP contribution in [0.1, 0.15) is 12.5 Å². The zero-order valence-corrected chi connectivity index (χ0v) is 12.2. The number of hydrogen-bond acceptors (Lipinski definition) is 6. The zero-order chi connectivity index (χ0) is 15.7. The predicted molar refractivity (Wildman–Crippen MR) is 83.6 cm³/mol. The first kappa shape index (κ1) is 17.3. The van der Waals surface area contributed by atoms with Gasteiger partial charge in [0.2, 0.25) is 0 Å². The first-order valence-corrected chi connectivity index (χ1v) is 6.88. The Bertz CT molecular complexity index is 436. The minimum absolute atomic E-state index is 0.141. The smallest absolute Gasteiger partial charge is 0.140 e. The molecule has 1 radical (unpaired) electrons. The summed E-state index contributed by atoms with van der Waals surface area (Å²) in [6.45, 7) is 6.31. The molecule has 3 atom stereocenters. The molecule has 0 amide bonds. The van der Waals surface area contributed by atoms with Crippen LogP contribution < -0.4 is 21.9 Å². The molecule has 21 heavy (non-hydrogen) atoms. The summed E-state index contributed by atoms with van der Waals surface area (Å²) in [5, 5.41) is 3.12. The maximum Gasteiger partial charge on any atom is 0.140 e. The van der Waals surface area contributed by atoms with E-state index in [1.165, 1.54) is 0 Å². The van der Waals surface area contributed by atoms with Crippen molar-refractivity contribution in [3.05, 3.63) is 36.8 Å². The molecule has 0 spiro atoms. The molecular weight excluding hydrogens is 268 g/mol. The third-order valence-corrected chi connectivity index (χ3v) is 3.22. The van der Waals surface area contributed by atoms with Crippen molar-refractivity contribution in [3.63, 3.8) is 0 Å². The summed E-state index contributed by atoms with van der Waals surface area (Å²) in [5.74, 6) is -0.195. The van der Waals surface area contributed by atoms with Gasteiger partial charge in [0.25, 0.3) is 0 Å². The lowest BCUT2D eigenvalue weighted by molar-refractivity contribution is -0.111. The number of aldehydes is 2. The fraction of sp³-hybridized carbons (Fsp3) is 0.400. The van der Waals surface area contributed by atoms with E-state index in [0.29, 0.717) is 13.1 Å². The van der Waals surface area contributed by atoms with E-state index in [1.54, 1.807) is 6.92 Å². The Morgan fingerprint density at radius 2 is 1.90 bits per heavy atom. The molecule has 0 aliphatic heterocycles. The number of carbonyl (C=O) groups is 2. The van der Waals surface area contributed by atoms with Crippen LogP contribution in [0.3, 0.4) is 0 Å². The van der Waals surface area contributed by atoms with Gasteiger partial charge in [-0.3, -0.25) is 0 Å². The van der Waals surface area contributed by atoms with Gasteiger partial charge >= 0.3 is 0 Å². The molecule has 0 saturated heterocycles. The van der Waals surface area contributed by atoms with Gasteiger partial charge in [-0.25, -0.2) is 5.43 Å². The van der Waals surface area contributed by atoms with Crippen molar-refractivity contribution in [2.24, 2.45) is 11.7 Å². The van der Waals surface area contributed by atoms with Gasteiger partial charge in [-0.15, -0.1) is 0 Å². The van der Waals surface area contributed by atoms with Gasteiger partial charge in [0.15, 0.2) is 0 Å². The van der Waals surface area contributed by atoms with Crippen LogP contribution in [0.2, 0.25) is 0 Å². The molecule has 0 aromatic heterocycles. The normalized spacial score (nSPS) is 15.0. The molecule has 6 heteroatoms. The number of rotatable bonds is 10. The van der Waals surface area contributed by atoms with Crippen LogP contribution in [0.5, 0.6) is 0 Å². The van der Waals surface area contributed by atoms with Crippen molar-refractivity contribution >= 4 is 18.3 Å². The van der Waals surface area contributed by atoms with Gasteiger partial charge in [0, 0.05) is 30.7 Å². The molecule has 3 unspecified atom stereocenters. The second-order valence-corrected chi connectivity index (χ2v) is 4.95. The summed E-state index contributed by atoms with van der Waals surface area (Å²) in [4.78, 5) is 21.8. The molecular formula is C15H23N4O2. The minimum atomic E-state index is -0.433. The lowest BCUT2D eigenvalue weighted by atomic mass is 10.0. The van der Waals surface area contributed by atoms with Crippen LogP contribution in [0.15, 0.2) is 24.3 Å². The van der Waals surface area contributed by atoms with E-state index in [2.05, 4.69) is 23.1 Å². The molecule has 5 N–H and O–H groups in total. The number of anilines is 1. The lowest BCUT2D eigenvalue weighted by Crippen LogP contribution is -2.49. The molecule has 115 valence electrons. The number of hydrogen-bond donors (Lipinski definition) is 4. The standard InChI is InChI=1S/C15H23N4O2/c1-11-3-5-13(6-4-11)18-19-14(10-21)8-17-15(7-16)12(2)9-20/h3-6,9-10,12,14-15,17-19H,1,7-8,16H2,2H3. The topological polar surface area (TPSA) is 96.2 Å². The quantitative estimate of drug-likeness (QED) is 0.361. The molecule has 6 nitrogen and oxygen atoms in total. The van der Waals surface area contributed by atoms with Crippen molar-refractivity contribution < 1.29 is 9.59 Å². The zero-order valence-electron chi connectivity index (χ0n) is 12.2. The number of hydrazine groups is 1. The third-order valence-electron chi connectivity index (χ3n) is 3.22. The van der Waals surface area contributed by atoms with Crippen molar-refractivity contribution in [2.45, 2.75) is 19.0 Å². The van der Waals surface area contributed by atoms with Crippen LogP contribution >= 0.6 is 0 Å². The first-order chi connectivity index (χ1) is 10.1. The average molecular weight is 291 g/mol. The maximum absolute atomic E-state index is 11.1. The molecule has 1 aromatic carbocycles. The fourth-order valence-corrected chi connectivity index (χ4v) is 1.75. The highest BCUT2D eigenvalue weighted by Crippen LogP contribution is 2.07. The monoisotopic (exact) mass is 291 g/mol. The van der Waals surface area contributed by atoms with E-state index in [-0.39, 0.29) is 12.0 Å². The van der Waals surface area contributed by atoms with Crippen molar-refractivity contribution in [1.29, 1.82) is 0 Å². The summed E-state index contributed by atoms with van der Waals surface area (Å²) >= 11 is 0. The van der Waals surface area contributed by atoms with E-state index >= 15 is 0 Å². The second kappa shape index (κ2) is 9.23. The Morgan fingerprint density at radius 3 is 2.43 bits per heavy atom. The summed E-state index contributed by atoms with van der Waals surface area (Å²) in [6.07, 6.45) is 1.65. The average Bonchev–Trinajstić information content (AvgIpc) is 2.52. The van der Waals surface area contributed by atoms with E-state index in [0.717, 1.165) is 23.8 Å². The van der Waals surface area contributed by atoms with Gasteiger partial charge in [0.05, 0.1) is 6.04 Å². The Morgan fingerprint density at radius 1 is 1.24 bits per heavy atom. The Hall–Kier alpha value is -1.76. The molecule has 0 fully saturated rings. The highest BCUT2D eigenvalue weighted by atomic mass is 16.1. The second-order valence-electron chi connectivity index (χ2n) is 4.95. The van der Waals surface area contributed by atoms with Crippen molar-refractivity contribution in [3.8, 4) is 0 Å². The number of carbonyl (C=O) groups excluding carboxylic acids is 2. The van der Waals surface area contributed by atoms with Crippen molar-refractivity contribution in [1.82, 2.24) is 10.7 Å². The Balaban J connectivity index is 2.42. The number of nitrogens with two attached hydrogens (primary N) is 1. The molecule has 0 saturated carbocycles. The molecule has 0 heterocycles. The summed E-state index contributed by atoms with van der Waals surface area (Å²) in [5.41, 5.74) is 13.2. The summed E-state index contributed by atoms with van der Waals surface area (Å²) < 4.78 is 0. The highest BCUT2D eigenvalue weighted by molar-refractivity contribution is 5.59. The predicted octanol–water partition coefficient (Wildman–Crippen LogP) is 0.105. The summed E-state index contributed by atoms with van der Waals surface area (Å²) in [6, 6.07) is 6.89. The Labute approximate surface area is 125 Å². The van der Waals surface area contributed by atoms with E-state index in [4.69, 9.17) is 5.73 Å². The van der Waals surface area contributed by atoms with Crippen LogP contribution in [-0.4, -0.2) is 37.7 Å². The van der Waals surface area contributed by atoms with E-state index in [1.807, 2.05) is 24.3 Å². The molecule has 0 bridgehead atoms. The largest absolute Gasteiger partial charge is 0.329 e. The van der Waals surface area contributed by atoms with Crippen molar-refractivity contribution in [2.75, 3.05) is 18.5 Å². The third kappa shape index (κ3) is 6.03. The van der Waals surface area contributed by atoms with Gasteiger partial charge in [-0.1, -0.05) is 19.1 Å². The van der Waals surface area contributed by atoms with Gasteiger partial charge in [-0.2, -0.15) is 0 Å². The molecule has 0 aliphatic carbocycles. The fourth-order valence-electron chi connectivity index (χ4n) is 1.75. The molecule has 0 aliphatic rings. The highest BCUT2D eigenvalue weighted by Gasteiger charge is 2.16. The molecule has 1 rings (SSSR count). The minimum Gasteiger partial charge on any atom is -0.329 e. The van der Waals surface area contributed by atoms with Gasteiger partial charge in [0.1, 0.15) is 12.6 Å². The SMILES string of the molecule is [CH2]c1ccc(NNC(C=O)CNC(CN)C(C)C=O)cc1. The maximum atomic E-state index is 11.1. The lowest BCUT2D eigenvalue weighted by Gasteiger charge is -2.22. The molecule has 1 aromatic rings. The summed E-state index contributed by atoms with van der Waals surface area (Å²) in [7, 11) is 0. The van der Waals surface area contributed by atoms with Crippen LogP contribution in [0, 0.1) is 12.8 Å². The van der Waals surface area contributed by atoms with E-state index < -0.39 is 6.04 Å². The van der Waals surface area contributed by atoms with Crippen LogP contribution in [-0.2, 0) is 9.59 Å². The van der Waals surface area contributed by atoms with Gasteiger partial charge < -0.3 is 26.1 Å². The van der Waals surface area contributed by atoms with Gasteiger partial charge in [-0.05, 0) is 24.6 Å².